The third kappa shape index (κ3) is 9.10. The molecule has 13 heavy (non-hydrogen) atoms. The monoisotopic (exact) mass is 210 g/mol. The van der Waals surface area contributed by atoms with Crippen LogP contribution in [0, 0.1) is 0 Å². The number of hydrogen-bond acceptors (Lipinski definition) is 4. The standard InChI is InChI=1S/C7H14N2O3.ClH/c1-2-12-7(11)5-9-6(10)3-4-8;/h2-5,8H2,1H3,(H,9,10);1H. The molecule has 3 N–H and O–H groups in total. The maximum Gasteiger partial charge on any atom is 0.325 e. The lowest BCUT2D eigenvalue weighted by atomic mass is 10.4. The highest BCUT2D eigenvalue weighted by atomic mass is 35.5. The Morgan fingerprint density at radius 3 is 2.54 bits per heavy atom. The van der Waals surface area contributed by atoms with Crippen LogP contribution in [0.15, 0.2) is 0 Å². The fourth-order valence-electron chi connectivity index (χ4n) is 0.602. The lowest BCUT2D eigenvalue weighted by Gasteiger charge is -2.03. The van der Waals surface area contributed by atoms with Crippen molar-refractivity contribution >= 4 is 24.3 Å². The molecule has 0 aliphatic rings. The van der Waals surface area contributed by atoms with Gasteiger partial charge in [0.25, 0.3) is 0 Å². The van der Waals surface area contributed by atoms with E-state index in [0.29, 0.717) is 6.61 Å². The number of nitrogens with two attached hydrogens (primary N) is 1. The number of hydrogen-bond donors (Lipinski definition) is 2. The SMILES string of the molecule is CCOC(=O)CNC(=O)CCN.Cl. The molecule has 0 heterocycles. The summed E-state index contributed by atoms with van der Waals surface area (Å²) in [6.07, 6.45) is 0.236. The van der Waals surface area contributed by atoms with E-state index in [2.05, 4.69) is 10.1 Å². The molecule has 1 amide bonds. The van der Waals surface area contributed by atoms with Crippen LogP contribution in [0.5, 0.6) is 0 Å². The van der Waals surface area contributed by atoms with E-state index in [4.69, 9.17) is 5.73 Å². The maximum atomic E-state index is 10.8. The van der Waals surface area contributed by atoms with Gasteiger partial charge >= 0.3 is 5.97 Å². The van der Waals surface area contributed by atoms with Crippen LogP contribution in [-0.2, 0) is 14.3 Å². The van der Waals surface area contributed by atoms with Gasteiger partial charge in [-0.05, 0) is 6.92 Å². The van der Waals surface area contributed by atoms with E-state index in [9.17, 15) is 9.59 Å². The summed E-state index contributed by atoms with van der Waals surface area (Å²) < 4.78 is 4.59. The fraction of sp³-hybridized carbons (Fsp3) is 0.714. The molecule has 5 nitrogen and oxygen atoms in total. The molecule has 0 radical (unpaired) electrons. The molecule has 6 heteroatoms. The van der Waals surface area contributed by atoms with Crippen molar-refractivity contribution in [2.45, 2.75) is 13.3 Å². The molecule has 0 aromatic rings. The molecule has 0 unspecified atom stereocenters. The lowest BCUT2D eigenvalue weighted by molar-refractivity contribution is -0.143. The Balaban J connectivity index is 0. The van der Waals surface area contributed by atoms with E-state index in [1.807, 2.05) is 0 Å². The summed E-state index contributed by atoms with van der Waals surface area (Å²) in [5.74, 6) is -0.659. The minimum atomic E-state index is -0.428. The largest absolute Gasteiger partial charge is 0.465 e. The van der Waals surface area contributed by atoms with Crippen molar-refractivity contribution in [3.05, 3.63) is 0 Å². The molecule has 0 bridgehead atoms. The van der Waals surface area contributed by atoms with Gasteiger partial charge in [0.2, 0.25) is 5.91 Å². The van der Waals surface area contributed by atoms with Gasteiger partial charge in [-0.2, -0.15) is 0 Å². The summed E-state index contributed by atoms with van der Waals surface area (Å²) >= 11 is 0. The number of carbonyl (C=O) groups is 2. The second-order valence-corrected chi connectivity index (χ2v) is 2.12. The van der Waals surface area contributed by atoms with Crippen molar-refractivity contribution in [1.29, 1.82) is 0 Å². The number of carbonyl (C=O) groups excluding carboxylic acids is 2. The number of amides is 1. The van der Waals surface area contributed by atoms with Crippen LogP contribution >= 0.6 is 12.4 Å². The van der Waals surface area contributed by atoms with Crippen molar-refractivity contribution in [3.63, 3.8) is 0 Å². The van der Waals surface area contributed by atoms with E-state index in [1.54, 1.807) is 6.92 Å². The van der Waals surface area contributed by atoms with Gasteiger partial charge in [0.15, 0.2) is 0 Å². The van der Waals surface area contributed by atoms with E-state index in [-0.39, 0.29) is 37.8 Å². The van der Waals surface area contributed by atoms with Gasteiger partial charge in [-0.25, -0.2) is 0 Å². The predicted octanol–water partition coefficient (Wildman–Crippen LogP) is -0.564. The second kappa shape index (κ2) is 9.28. The zero-order valence-electron chi connectivity index (χ0n) is 7.54. The van der Waals surface area contributed by atoms with Gasteiger partial charge < -0.3 is 15.8 Å². The number of esters is 1. The molecular formula is C7H15ClN2O3. The lowest BCUT2D eigenvalue weighted by Crippen LogP contribution is -2.31. The highest BCUT2D eigenvalue weighted by molar-refractivity contribution is 5.85. The van der Waals surface area contributed by atoms with Crippen LogP contribution in [0.25, 0.3) is 0 Å². The molecule has 0 aromatic carbocycles. The van der Waals surface area contributed by atoms with Gasteiger partial charge in [0.1, 0.15) is 6.54 Å². The van der Waals surface area contributed by atoms with E-state index >= 15 is 0 Å². The molecule has 0 saturated heterocycles. The van der Waals surface area contributed by atoms with Crippen LogP contribution in [0.3, 0.4) is 0 Å². The predicted molar refractivity (Wildman–Crippen MR) is 50.6 cm³/mol. The van der Waals surface area contributed by atoms with Crippen LogP contribution in [0.1, 0.15) is 13.3 Å². The zero-order chi connectivity index (χ0) is 9.40. The van der Waals surface area contributed by atoms with Crippen molar-refractivity contribution in [1.82, 2.24) is 5.32 Å². The second-order valence-electron chi connectivity index (χ2n) is 2.12. The fourth-order valence-corrected chi connectivity index (χ4v) is 0.602. The summed E-state index contributed by atoms with van der Waals surface area (Å²) in [6.45, 7) is 2.24. The zero-order valence-corrected chi connectivity index (χ0v) is 8.36. The molecule has 0 fully saturated rings. The molecule has 78 valence electrons. The summed E-state index contributed by atoms with van der Waals surface area (Å²) in [4.78, 5) is 21.4. The minimum Gasteiger partial charge on any atom is -0.465 e. The normalized spacial score (nSPS) is 8.46. The van der Waals surface area contributed by atoms with Crippen molar-refractivity contribution in [2.75, 3.05) is 19.7 Å². The third-order valence-electron chi connectivity index (χ3n) is 1.11. The third-order valence-corrected chi connectivity index (χ3v) is 1.11. The molecular weight excluding hydrogens is 196 g/mol. The van der Waals surface area contributed by atoms with Crippen LogP contribution < -0.4 is 11.1 Å². The Bertz CT molecular complexity index is 146. The molecule has 0 saturated carbocycles. The van der Waals surface area contributed by atoms with Gasteiger partial charge in [-0.3, -0.25) is 9.59 Å². The smallest absolute Gasteiger partial charge is 0.325 e. The first-order valence-electron chi connectivity index (χ1n) is 3.83. The Labute approximate surface area is 83.4 Å². The number of rotatable bonds is 5. The summed E-state index contributed by atoms with van der Waals surface area (Å²) in [7, 11) is 0. The van der Waals surface area contributed by atoms with E-state index in [1.165, 1.54) is 0 Å². The first-order chi connectivity index (χ1) is 5.70. The van der Waals surface area contributed by atoms with Gasteiger partial charge in [-0.15, -0.1) is 12.4 Å². The van der Waals surface area contributed by atoms with Crippen LogP contribution in [0.4, 0.5) is 0 Å². The van der Waals surface area contributed by atoms with Gasteiger partial charge in [0, 0.05) is 13.0 Å². The maximum absolute atomic E-state index is 10.8. The number of halogens is 1. The Hall–Kier alpha value is -0.810. The quantitative estimate of drug-likeness (QED) is 0.596. The topological polar surface area (TPSA) is 81.4 Å². The first kappa shape index (κ1) is 14.7. The molecule has 0 atom stereocenters. The van der Waals surface area contributed by atoms with Crippen LogP contribution in [-0.4, -0.2) is 31.6 Å². The summed E-state index contributed by atoms with van der Waals surface area (Å²) in [6, 6.07) is 0. The van der Waals surface area contributed by atoms with Crippen molar-refractivity contribution in [3.8, 4) is 0 Å². The molecule has 0 aliphatic heterocycles. The minimum absolute atomic E-state index is 0. The first-order valence-corrected chi connectivity index (χ1v) is 3.83. The highest BCUT2D eigenvalue weighted by Gasteiger charge is 2.03. The van der Waals surface area contributed by atoms with E-state index < -0.39 is 5.97 Å². The van der Waals surface area contributed by atoms with E-state index in [0.717, 1.165) is 0 Å². The summed E-state index contributed by atoms with van der Waals surface area (Å²) in [5, 5.41) is 2.37. The molecule has 0 aromatic heterocycles. The molecule has 0 rings (SSSR count). The highest BCUT2D eigenvalue weighted by Crippen LogP contribution is 1.77. The Morgan fingerprint density at radius 2 is 2.08 bits per heavy atom. The van der Waals surface area contributed by atoms with Gasteiger partial charge in [-0.1, -0.05) is 0 Å². The number of ether oxygens (including phenoxy) is 1. The molecule has 0 aliphatic carbocycles. The Kier molecular flexibility index (Phi) is 10.5. The Morgan fingerprint density at radius 1 is 1.46 bits per heavy atom. The van der Waals surface area contributed by atoms with Gasteiger partial charge in [0.05, 0.1) is 6.61 Å². The van der Waals surface area contributed by atoms with Crippen molar-refractivity contribution < 1.29 is 14.3 Å². The van der Waals surface area contributed by atoms with Crippen molar-refractivity contribution in [2.24, 2.45) is 5.73 Å². The average molecular weight is 211 g/mol. The summed E-state index contributed by atoms with van der Waals surface area (Å²) in [5.41, 5.74) is 5.12. The van der Waals surface area contributed by atoms with Crippen LogP contribution in [0.2, 0.25) is 0 Å². The molecule has 0 spiro atoms. The average Bonchev–Trinajstić information content (AvgIpc) is 2.02. The number of nitrogens with one attached hydrogen (secondary N) is 1.